The van der Waals surface area contributed by atoms with Gasteiger partial charge < -0.3 is 5.11 Å². The van der Waals surface area contributed by atoms with E-state index in [0.29, 0.717) is 6.04 Å². The van der Waals surface area contributed by atoms with E-state index in [1.54, 1.807) is 0 Å². The number of hydrogen-bond acceptors (Lipinski definition) is 2. The monoisotopic (exact) mass is 197 g/mol. The highest BCUT2D eigenvalue weighted by molar-refractivity contribution is 4.90. The summed E-state index contributed by atoms with van der Waals surface area (Å²) < 4.78 is 0. The third-order valence-electron chi connectivity index (χ3n) is 2.96. The Kier molecular flexibility index (Phi) is 5.20. The molecule has 82 valence electrons. The number of aliphatic hydroxyl groups is 1. The van der Waals surface area contributed by atoms with Gasteiger partial charge in [0, 0.05) is 18.7 Å². The molecular formula is C12H23NO. The molecule has 1 atom stereocenters. The van der Waals surface area contributed by atoms with E-state index in [-0.39, 0.29) is 6.61 Å². The molecular weight excluding hydrogens is 174 g/mol. The van der Waals surface area contributed by atoms with Crippen LogP contribution in [0.5, 0.6) is 0 Å². The SMILES string of the molecule is CC(C)N1CCCC1C/C=C\CCO. The minimum Gasteiger partial charge on any atom is -0.396 e. The molecule has 0 aromatic rings. The van der Waals surface area contributed by atoms with Gasteiger partial charge >= 0.3 is 0 Å². The number of aliphatic hydroxyl groups excluding tert-OH is 1. The molecule has 1 aliphatic rings. The van der Waals surface area contributed by atoms with Crippen LogP contribution in [0, 0.1) is 0 Å². The average Bonchev–Trinajstić information content (AvgIpc) is 2.60. The molecule has 1 rings (SSSR count). The summed E-state index contributed by atoms with van der Waals surface area (Å²) in [4.78, 5) is 2.59. The largest absolute Gasteiger partial charge is 0.396 e. The summed E-state index contributed by atoms with van der Waals surface area (Å²) in [5, 5.41) is 8.64. The highest BCUT2D eigenvalue weighted by atomic mass is 16.2. The molecule has 1 unspecified atom stereocenters. The number of rotatable bonds is 5. The zero-order chi connectivity index (χ0) is 10.4. The van der Waals surface area contributed by atoms with Crippen LogP contribution in [0.2, 0.25) is 0 Å². The van der Waals surface area contributed by atoms with Gasteiger partial charge in [0.05, 0.1) is 0 Å². The quantitative estimate of drug-likeness (QED) is 0.683. The Balaban J connectivity index is 2.28. The molecule has 1 N–H and O–H groups in total. The predicted octanol–water partition coefficient (Wildman–Crippen LogP) is 2.19. The molecule has 0 aromatic carbocycles. The van der Waals surface area contributed by atoms with Crippen LogP contribution >= 0.6 is 0 Å². The fourth-order valence-corrected chi connectivity index (χ4v) is 2.24. The first-order chi connectivity index (χ1) is 6.75. The molecule has 1 heterocycles. The first-order valence-electron chi connectivity index (χ1n) is 5.77. The summed E-state index contributed by atoms with van der Waals surface area (Å²) in [7, 11) is 0. The minimum atomic E-state index is 0.273. The Morgan fingerprint density at radius 3 is 2.86 bits per heavy atom. The summed E-state index contributed by atoms with van der Waals surface area (Å²) in [6, 6.07) is 1.42. The topological polar surface area (TPSA) is 23.5 Å². The summed E-state index contributed by atoms with van der Waals surface area (Å²) in [6.07, 6.45) is 8.95. The fraction of sp³-hybridized carbons (Fsp3) is 0.833. The molecule has 14 heavy (non-hydrogen) atoms. The van der Waals surface area contributed by atoms with Gasteiger partial charge in [-0.3, -0.25) is 4.90 Å². The second-order valence-electron chi connectivity index (χ2n) is 4.35. The molecule has 0 radical (unpaired) electrons. The van der Waals surface area contributed by atoms with E-state index in [1.807, 2.05) is 0 Å². The molecule has 0 bridgehead atoms. The molecule has 0 aromatic heterocycles. The molecule has 0 saturated carbocycles. The Morgan fingerprint density at radius 1 is 1.43 bits per heavy atom. The van der Waals surface area contributed by atoms with E-state index in [1.165, 1.54) is 19.4 Å². The third kappa shape index (κ3) is 3.43. The van der Waals surface area contributed by atoms with Crippen molar-refractivity contribution in [2.45, 2.75) is 51.6 Å². The molecule has 2 nitrogen and oxygen atoms in total. The van der Waals surface area contributed by atoms with Gasteiger partial charge in [0.15, 0.2) is 0 Å². The lowest BCUT2D eigenvalue weighted by atomic mass is 10.1. The lowest BCUT2D eigenvalue weighted by Gasteiger charge is -2.27. The highest BCUT2D eigenvalue weighted by Gasteiger charge is 2.24. The summed E-state index contributed by atoms with van der Waals surface area (Å²) in [6.45, 7) is 6.08. The maximum atomic E-state index is 8.64. The molecule has 2 heteroatoms. The van der Waals surface area contributed by atoms with Gasteiger partial charge in [0.25, 0.3) is 0 Å². The zero-order valence-electron chi connectivity index (χ0n) is 9.45. The van der Waals surface area contributed by atoms with E-state index in [4.69, 9.17) is 5.11 Å². The molecule has 0 spiro atoms. The average molecular weight is 197 g/mol. The van der Waals surface area contributed by atoms with E-state index in [0.717, 1.165) is 18.9 Å². The van der Waals surface area contributed by atoms with Crippen molar-refractivity contribution in [1.29, 1.82) is 0 Å². The van der Waals surface area contributed by atoms with E-state index >= 15 is 0 Å². The number of nitrogens with zero attached hydrogens (tertiary/aromatic N) is 1. The fourth-order valence-electron chi connectivity index (χ4n) is 2.24. The van der Waals surface area contributed by atoms with E-state index in [2.05, 4.69) is 30.9 Å². The molecule has 1 aliphatic heterocycles. The van der Waals surface area contributed by atoms with Crippen molar-refractivity contribution in [2.75, 3.05) is 13.2 Å². The third-order valence-corrected chi connectivity index (χ3v) is 2.96. The van der Waals surface area contributed by atoms with Crippen molar-refractivity contribution in [3.63, 3.8) is 0 Å². The summed E-state index contributed by atoms with van der Waals surface area (Å²) in [5.41, 5.74) is 0. The van der Waals surface area contributed by atoms with Crippen LogP contribution in [0.1, 0.15) is 39.5 Å². The Labute approximate surface area is 87.6 Å². The van der Waals surface area contributed by atoms with Crippen LogP contribution in [0.4, 0.5) is 0 Å². The van der Waals surface area contributed by atoms with Gasteiger partial charge in [-0.15, -0.1) is 0 Å². The van der Waals surface area contributed by atoms with Gasteiger partial charge in [-0.25, -0.2) is 0 Å². The van der Waals surface area contributed by atoms with Crippen LogP contribution in [0.3, 0.4) is 0 Å². The number of hydrogen-bond donors (Lipinski definition) is 1. The van der Waals surface area contributed by atoms with Crippen LogP contribution in [0.15, 0.2) is 12.2 Å². The van der Waals surface area contributed by atoms with Crippen molar-refractivity contribution in [3.8, 4) is 0 Å². The second kappa shape index (κ2) is 6.20. The van der Waals surface area contributed by atoms with Gasteiger partial charge in [-0.05, 0) is 46.1 Å². The predicted molar refractivity (Wildman–Crippen MR) is 60.3 cm³/mol. The Morgan fingerprint density at radius 2 is 2.21 bits per heavy atom. The van der Waals surface area contributed by atoms with Gasteiger partial charge in [-0.2, -0.15) is 0 Å². The lowest BCUT2D eigenvalue weighted by Crippen LogP contribution is -2.35. The smallest absolute Gasteiger partial charge is 0.0465 e. The van der Waals surface area contributed by atoms with Gasteiger partial charge in [-0.1, -0.05) is 12.2 Å². The van der Waals surface area contributed by atoms with Crippen LogP contribution in [-0.2, 0) is 0 Å². The van der Waals surface area contributed by atoms with Crippen molar-refractivity contribution in [2.24, 2.45) is 0 Å². The number of likely N-dealkylation sites (tertiary alicyclic amines) is 1. The van der Waals surface area contributed by atoms with Gasteiger partial charge in [0.2, 0.25) is 0 Å². The van der Waals surface area contributed by atoms with Crippen LogP contribution in [0.25, 0.3) is 0 Å². The molecule has 1 fully saturated rings. The maximum absolute atomic E-state index is 8.64. The Hall–Kier alpha value is -0.340. The first-order valence-corrected chi connectivity index (χ1v) is 5.77. The van der Waals surface area contributed by atoms with E-state index < -0.39 is 0 Å². The molecule has 0 aliphatic carbocycles. The summed E-state index contributed by atoms with van der Waals surface area (Å²) >= 11 is 0. The maximum Gasteiger partial charge on any atom is 0.0465 e. The van der Waals surface area contributed by atoms with E-state index in [9.17, 15) is 0 Å². The standard InChI is InChI=1S/C12H23NO/c1-11(2)13-9-6-8-12(13)7-4-3-5-10-14/h3-4,11-12,14H,5-10H2,1-2H3/b4-3-. The van der Waals surface area contributed by atoms with Crippen molar-refractivity contribution >= 4 is 0 Å². The van der Waals surface area contributed by atoms with Gasteiger partial charge in [0.1, 0.15) is 0 Å². The minimum absolute atomic E-state index is 0.273. The lowest BCUT2D eigenvalue weighted by molar-refractivity contribution is 0.204. The normalized spacial score (nSPS) is 24.1. The first kappa shape index (κ1) is 11.7. The van der Waals surface area contributed by atoms with Crippen molar-refractivity contribution in [3.05, 3.63) is 12.2 Å². The zero-order valence-corrected chi connectivity index (χ0v) is 9.45. The van der Waals surface area contributed by atoms with Crippen LogP contribution < -0.4 is 0 Å². The summed E-state index contributed by atoms with van der Waals surface area (Å²) in [5.74, 6) is 0. The van der Waals surface area contributed by atoms with Crippen molar-refractivity contribution < 1.29 is 5.11 Å². The Bertz CT molecular complexity index is 177. The molecule has 1 saturated heterocycles. The van der Waals surface area contributed by atoms with Crippen LogP contribution in [-0.4, -0.2) is 35.2 Å². The molecule has 0 amide bonds. The second-order valence-corrected chi connectivity index (χ2v) is 4.35. The van der Waals surface area contributed by atoms with Crippen molar-refractivity contribution in [1.82, 2.24) is 4.90 Å². The highest BCUT2D eigenvalue weighted by Crippen LogP contribution is 2.22.